The fourth-order valence-electron chi connectivity index (χ4n) is 1.35. The molecule has 14 heavy (non-hydrogen) atoms. The molecule has 0 fully saturated rings. The summed E-state index contributed by atoms with van der Waals surface area (Å²) in [4.78, 5) is 0. The highest BCUT2D eigenvalue weighted by atomic mass is 79.9. The Bertz CT molecular complexity index is 352. The van der Waals surface area contributed by atoms with Gasteiger partial charge in [-0.3, -0.25) is 0 Å². The van der Waals surface area contributed by atoms with Crippen molar-refractivity contribution in [3.63, 3.8) is 0 Å². The van der Waals surface area contributed by atoms with Crippen LogP contribution < -0.4 is 0 Å². The van der Waals surface area contributed by atoms with Gasteiger partial charge in [0.05, 0.1) is 12.0 Å². The van der Waals surface area contributed by atoms with Crippen LogP contribution in [-0.2, 0) is 6.42 Å². The normalized spacial score (nSPS) is 12.1. The summed E-state index contributed by atoms with van der Waals surface area (Å²) >= 11 is 3.34. The molecule has 1 rings (SSSR count). The molecule has 0 aliphatic rings. The highest BCUT2D eigenvalue weighted by Crippen LogP contribution is 2.14. The molecule has 1 unspecified atom stereocenters. The van der Waals surface area contributed by atoms with Gasteiger partial charge in [-0.1, -0.05) is 34.1 Å². The number of nitrogens with zero attached hydrogens (tertiary/aromatic N) is 1. The predicted octanol–water partition coefficient (Wildman–Crippen LogP) is 3.38. The maximum absolute atomic E-state index is 8.83. The number of hydrogen-bond acceptors (Lipinski definition) is 1. The van der Waals surface area contributed by atoms with Crippen molar-refractivity contribution in [2.24, 2.45) is 5.92 Å². The number of alkyl halides is 1. The first kappa shape index (κ1) is 11.3. The lowest BCUT2D eigenvalue weighted by Crippen LogP contribution is -2.03. The highest BCUT2D eigenvalue weighted by Gasteiger charge is 2.06. The van der Waals surface area contributed by atoms with Gasteiger partial charge in [0, 0.05) is 5.33 Å². The van der Waals surface area contributed by atoms with Gasteiger partial charge >= 0.3 is 0 Å². The van der Waals surface area contributed by atoms with Crippen molar-refractivity contribution in [1.29, 1.82) is 5.26 Å². The summed E-state index contributed by atoms with van der Waals surface area (Å²) in [6.07, 6.45) is 0.836. The Labute approximate surface area is 93.9 Å². The summed E-state index contributed by atoms with van der Waals surface area (Å²) in [7, 11) is 0. The molecule has 0 bridgehead atoms. The average Bonchev–Trinajstić information content (AvgIpc) is 2.19. The van der Waals surface area contributed by atoms with Gasteiger partial charge in [-0.25, -0.2) is 0 Å². The van der Waals surface area contributed by atoms with Crippen molar-refractivity contribution in [2.75, 3.05) is 5.33 Å². The average molecular weight is 252 g/mol. The predicted molar refractivity (Wildman–Crippen MR) is 62.5 cm³/mol. The summed E-state index contributed by atoms with van der Waals surface area (Å²) in [6.45, 7) is 4.21. The number of hydrogen-bond donors (Lipinski definition) is 0. The number of nitriles is 1. The van der Waals surface area contributed by atoms with Crippen LogP contribution in [0.2, 0.25) is 0 Å². The van der Waals surface area contributed by atoms with Crippen LogP contribution in [0.25, 0.3) is 0 Å². The molecule has 0 amide bonds. The van der Waals surface area contributed by atoms with Crippen molar-refractivity contribution in [3.8, 4) is 6.07 Å². The molecule has 1 nitrogen and oxygen atoms in total. The topological polar surface area (TPSA) is 23.8 Å². The Balaban J connectivity index is 2.78. The van der Waals surface area contributed by atoms with Crippen LogP contribution in [0.3, 0.4) is 0 Å². The maximum atomic E-state index is 8.83. The molecule has 1 atom stereocenters. The van der Waals surface area contributed by atoms with Gasteiger partial charge in [-0.2, -0.15) is 5.26 Å². The first-order chi connectivity index (χ1) is 6.67. The van der Waals surface area contributed by atoms with E-state index in [0.29, 0.717) is 0 Å². The van der Waals surface area contributed by atoms with Crippen molar-refractivity contribution in [2.45, 2.75) is 20.3 Å². The third-order valence-corrected chi connectivity index (χ3v) is 3.20. The molecular formula is C12H14BrN. The third kappa shape index (κ3) is 2.85. The SMILES string of the molecule is Cc1ccc(CC(C#N)CBr)cc1C. The monoisotopic (exact) mass is 251 g/mol. The van der Waals surface area contributed by atoms with Crippen LogP contribution in [0.4, 0.5) is 0 Å². The lowest BCUT2D eigenvalue weighted by Gasteiger charge is -2.07. The van der Waals surface area contributed by atoms with Gasteiger partial charge in [-0.05, 0) is 37.0 Å². The minimum atomic E-state index is 0.0807. The van der Waals surface area contributed by atoms with Gasteiger partial charge in [-0.15, -0.1) is 0 Å². The number of benzene rings is 1. The third-order valence-electron chi connectivity index (χ3n) is 2.42. The van der Waals surface area contributed by atoms with Crippen LogP contribution in [-0.4, -0.2) is 5.33 Å². The van der Waals surface area contributed by atoms with E-state index in [4.69, 9.17) is 5.26 Å². The molecule has 0 spiro atoms. The zero-order chi connectivity index (χ0) is 10.6. The lowest BCUT2D eigenvalue weighted by atomic mass is 9.99. The molecule has 0 radical (unpaired) electrons. The van der Waals surface area contributed by atoms with E-state index in [1.165, 1.54) is 16.7 Å². The molecule has 1 aromatic rings. The van der Waals surface area contributed by atoms with Gasteiger partial charge < -0.3 is 0 Å². The quantitative estimate of drug-likeness (QED) is 0.756. The Morgan fingerprint density at radius 1 is 1.36 bits per heavy atom. The van der Waals surface area contributed by atoms with Crippen LogP contribution in [0.5, 0.6) is 0 Å². The summed E-state index contributed by atoms with van der Waals surface area (Å²) in [5.41, 5.74) is 3.86. The maximum Gasteiger partial charge on any atom is 0.0668 e. The second kappa shape index (κ2) is 5.17. The van der Waals surface area contributed by atoms with Crippen LogP contribution in [0.1, 0.15) is 16.7 Å². The molecule has 0 aliphatic carbocycles. The zero-order valence-corrected chi connectivity index (χ0v) is 10.1. The smallest absolute Gasteiger partial charge is 0.0668 e. The number of rotatable bonds is 3. The van der Waals surface area contributed by atoms with E-state index in [0.717, 1.165) is 11.8 Å². The summed E-state index contributed by atoms with van der Waals surface area (Å²) in [5.74, 6) is 0.0807. The minimum absolute atomic E-state index is 0.0807. The molecule has 2 heteroatoms. The van der Waals surface area contributed by atoms with Gasteiger partial charge in [0.2, 0.25) is 0 Å². The summed E-state index contributed by atoms with van der Waals surface area (Å²) < 4.78 is 0. The molecule has 74 valence electrons. The molecule has 0 saturated heterocycles. The fraction of sp³-hybridized carbons (Fsp3) is 0.417. The standard InChI is InChI=1S/C12H14BrN/c1-9-3-4-11(5-10(9)2)6-12(7-13)8-14/h3-5,12H,6-7H2,1-2H3. The first-order valence-corrected chi connectivity index (χ1v) is 5.81. The molecule has 0 heterocycles. The molecule has 0 aliphatic heterocycles. The van der Waals surface area contributed by atoms with Crippen LogP contribution >= 0.6 is 15.9 Å². The molecule has 0 aromatic heterocycles. The first-order valence-electron chi connectivity index (χ1n) is 4.69. The Kier molecular flexibility index (Phi) is 4.16. The summed E-state index contributed by atoms with van der Waals surface area (Å²) in [6, 6.07) is 8.68. The second-order valence-electron chi connectivity index (χ2n) is 3.60. The van der Waals surface area contributed by atoms with E-state index in [9.17, 15) is 0 Å². The minimum Gasteiger partial charge on any atom is -0.198 e. The summed E-state index contributed by atoms with van der Waals surface area (Å²) in [5, 5.41) is 9.58. The van der Waals surface area contributed by atoms with Gasteiger partial charge in [0.25, 0.3) is 0 Å². The highest BCUT2D eigenvalue weighted by molar-refractivity contribution is 9.09. The zero-order valence-electron chi connectivity index (χ0n) is 8.55. The van der Waals surface area contributed by atoms with E-state index in [-0.39, 0.29) is 5.92 Å². The van der Waals surface area contributed by atoms with Crippen molar-refractivity contribution < 1.29 is 0 Å². The number of aryl methyl sites for hydroxylation is 2. The van der Waals surface area contributed by atoms with Crippen molar-refractivity contribution >= 4 is 15.9 Å². The molecular weight excluding hydrogens is 238 g/mol. The van der Waals surface area contributed by atoms with Crippen LogP contribution in [0.15, 0.2) is 18.2 Å². The lowest BCUT2D eigenvalue weighted by molar-refractivity contribution is 0.755. The van der Waals surface area contributed by atoms with E-state index in [2.05, 4.69) is 54.0 Å². The van der Waals surface area contributed by atoms with E-state index >= 15 is 0 Å². The van der Waals surface area contributed by atoms with E-state index < -0.39 is 0 Å². The van der Waals surface area contributed by atoms with Gasteiger partial charge in [0.1, 0.15) is 0 Å². The Morgan fingerprint density at radius 2 is 2.07 bits per heavy atom. The van der Waals surface area contributed by atoms with E-state index in [1.807, 2.05) is 0 Å². The van der Waals surface area contributed by atoms with Gasteiger partial charge in [0.15, 0.2) is 0 Å². The molecule has 1 aromatic carbocycles. The van der Waals surface area contributed by atoms with E-state index in [1.54, 1.807) is 0 Å². The Morgan fingerprint density at radius 3 is 2.57 bits per heavy atom. The second-order valence-corrected chi connectivity index (χ2v) is 4.25. The van der Waals surface area contributed by atoms with Crippen LogP contribution in [0, 0.1) is 31.1 Å². The molecule has 0 saturated carbocycles. The fourth-order valence-corrected chi connectivity index (χ4v) is 1.72. The van der Waals surface area contributed by atoms with Crippen molar-refractivity contribution in [1.82, 2.24) is 0 Å². The van der Waals surface area contributed by atoms with Crippen molar-refractivity contribution in [3.05, 3.63) is 34.9 Å². The molecule has 0 N–H and O–H groups in total. The largest absolute Gasteiger partial charge is 0.198 e. The number of halogens is 1. The Hall–Kier alpha value is -0.810.